The Labute approximate surface area is 225 Å². The van der Waals surface area contributed by atoms with Crippen LogP contribution in [0.3, 0.4) is 0 Å². The van der Waals surface area contributed by atoms with E-state index in [9.17, 15) is 14.7 Å². The molecule has 0 unspecified atom stereocenters. The lowest BCUT2D eigenvalue weighted by Gasteiger charge is -2.45. The average Bonchev–Trinajstić information content (AvgIpc) is 3.26. The molecule has 4 aromatic rings. The lowest BCUT2D eigenvalue weighted by Crippen LogP contribution is -2.57. The van der Waals surface area contributed by atoms with Crippen molar-refractivity contribution in [3.63, 3.8) is 0 Å². The van der Waals surface area contributed by atoms with Crippen LogP contribution in [0, 0.1) is 6.92 Å². The number of amides is 1. The number of carbonyl (C=O) groups excluding carboxylic acids is 2. The minimum atomic E-state index is -0.704. The van der Waals surface area contributed by atoms with E-state index in [-0.39, 0.29) is 11.8 Å². The molecule has 0 saturated carbocycles. The van der Waals surface area contributed by atoms with Crippen LogP contribution >= 0.6 is 0 Å². The molecule has 0 spiro atoms. The van der Waals surface area contributed by atoms with E-state index in [1.165, 1.54) is 12.4 Å². The largest absolute Gasteiger partial charge is 0.505 e. The molecule has 198 valence electrons. The third kappa shape index (κ3) is 4.54. The molecule has 2 N–H and O–H groups in total. The molecule has 2 aromatic heterocycles. The zero-order chi connectivity index (χ0) is 27.1. The Morgan fingerprint density at radius 3 is 2.59 bits per heavy atom. The van der Waals surface area contributed by atoms with Gasteiger partial charge in [-0.1, -0.05) is 30.3 Å². The second-order valence-corrected chi connectivity index (χ2v) is 9.78. The number of nitrogens with one attached hydrogen (secondary N) is 1. The first-order valence-corrected chi connectivity index (χ1v) is 12.8. The van der Waals surface area contributed by atoms with Crippen LogP contribution in [0.1, 0.15) is 16.2 Å². The molecule has 2 aliphatic rings. The fraction of sp³-hybridized carbons (Fsp3) is 0.241. The summed E-state index contributed by atoms with van der Waals surface area (Å²) in [5, 5.41) is 12.2. The first-order chi connectivity index (χ1) is 18.9. The van der Waals surface area contributed by atoms with Crippen molar-refractivity contribution in [2.45, 2.75) is 13.0 Å². The molecular weight excluding hydrogens is 496 g/mol. The Morgan fingerprint density at radius 2 is 1.82 bits per heavy atom. The van der Waals surface area contributed by atoms with Crippen molar-refractivity contribution in [1.82, 2.24) is 14.5 Å². The van der Waals surface area contributed by atoms with Crippen LogP contribution in [0.4, 0.5) is 17.3 Å². The number of aromatic nitrogens is 3. The molecule has 4 heterocycles. The Kier molecular flexibility index (Phi) is 6.14. The Bertz CT molecular complexity index is 1550. The van der Waals surface area contributed by atoms with Crippen molar-refractivity contribution >= 4 is 29.0 Å². The maximum atomic E-state index is 13.3. The van der Waals surface area contributed by atoms with Crippen molar-refractivity contribution in [1.29, 1.82) is 0 Å². The van der Waals surface area contributed by atoms with Crippen LogP contribution in [0.2, 0.25) is 0 Å². The third-order valence-electron chi connectivity index (χ3n) is 7.33. The maximum absolute atomic E-state index is 13.3. The first kappa shape index (κ1) is 24.5. The molecule has 2 aliphatic heterocycles. The van der Waals surface area contributed by atoms with Crippen molar-refractivity contribution < 1.29 is 19.4 Å². The number of ether oxygens (including phenoxy) is 1. The summed E-state index contributed by atoms with van der Waals surface area (Å²) in [6.45, 7) is 4.50. The number of nitrogens with zero attached hydrogens (tertiary/aromatic N) is 5. The molecular formula is C29H28N6O4. The SMILES string of the molecule is Cc1cc(-c2ccccc2)c(C(=O)C(=O)Nc2ccc3c(c2)OC[C@@H]2CN(c4ncc(O)cn4)CCN32)n1C. The minimum Gasteiger partial charge on any atom is -0.505 e. The Balaban J connectivity index is 1.18. The van der Waals surface area contributed by atoms with Crippen molar-refractivity contribution in [2.75, 3.05) is 41.4 Å². The highest BCUT2D eigenvalue weighted by atomic mass is 16.5. The predicted octanol–water partition coefficient (Wildman–Crippen LogP) is 3.41. The number of carbonyl (C=O) groups is 2. The van der Waals surface area contributed by atoms with Gasteiger partial charge in [-0.3, -0.25) is 9.59 Å². The predicted molar refractivity (Wildman–Crippen MR) is 148 cm³/mol. The summed E-state index contributed by atoms with van der Waals surface area (Å²) >= 11 is 0. The van der Waals surface area contributed by atoms with E-state index >= 15 is 0 Å². The van der Waals surface area contributed by atoms with Crippen molar-refractivity contribution in [3.05, 3.63) is 78.4 Å². The highest BCUT2D eigenvalue weighted by Crippen LogP contribution is 2.38. The number of benzene rings is 2. The molecule has 10 nitrogen and oxygen atoms in total. The molecule has 0 bridgehead atoms. The van der Waals surface area contributed by atoms with Gasteiger partial charge in [0.1, 0.15) is 18.1 Å². The lowest BCUT2D eigenvalue weighted by atomic mass is 10.0. The van der Waals surface area contributed by atoms with E-state index in [2.05, 4.69) is 25.1 Å². The first-order valence-electron chi connectivity index (χ1n) is 12.8. The molecule has 1 saturated heterocycles. The van der Waals surface area contributed by atoms with Gasteiger partial charge in [0.05, 0.1) is 24.1 Å². The molecule has 6 rings (SSSR count). The van der Waals surface area contributed by atoms with E-state index < -0.39 is 11.7 Å². The Hall–Kier alpha value is -4.86. The van der Waals surface area contributed by atoms with Crippen LogP contribution in [0.5, 0.6) is 11.5 Å². The topological polar surface area (TPSA) is 113 Å². The summed E-state index contributed by atoms with van der Waals surface area (Å²) < 4.78 is 7.83. The molecule has 1 fully saturated rings. The van der Waals surface area contributed by atoms with Gasteiger partial charge in [0.15, 0.2) is 5.75 Å². The number of hydrogen-bond donors (Lipinski definition) is 2. The van der Waals surface area contributed by atoms with Gasteiger partial charge in [-0.15, -0.1) is 0 Å². The number of piperazine rings is 1. The van der Waals surface area contributed by atoms with Gasteiger partial charge in [-0.25, -0.2) is 9.97 Å². The summed E-state index contributed by atoms with van der Waals surface area (Å²) in [4.78, 5) is 39.2. The number of aryl methyl sites for hydroxylation is 1. The summed E-state index contributed by atoms with van der Waals surface area (Å²) in [6, 6.07) is 17.1. The fourth-order valence-electron chi connectivity index (χ4n) is 5.24. The third-order valence-corrected chi connectivity index (χ3v) is 7.33. The number of hydrogen-bond acceptors (Lipinski definition) is 8. The van der Waals surface area contributed by atoms with E-state index in [4.69, 9.17) is 4.74 Å². The van der Waals surface area contributed by atoms with Crippen LogP contribution < -0.4 is 19.9 Å². The van der Waals surface area contributed by atoms with Gasteiger partial charge in [-0.2, -0.15) is 0 Å². The molecule has 2 aromatic carbocycles. The summed E-state index contributed by atoms with van der Waals surface area (Å²) in [7, 11) is 1.79. The zero-order valence-corrected chi connectivity index (χ0v) is 21.7. The summed E-state index contributed by atoms with van der Waals surface area (Å²) in [5.74, 6) is -0.0390. The molecule has 1 amide bonds. The molecule has 0 radical (unpaired) electrons. The molecule has 10 heteroatoms. The number of anilines is 3. The van der Waals surface area contributed by atoms with Gasteiger partial charge >= 0.3 is 0 Å². The van der Waals surface area contributed by atoms with Crippen LogP contribution in [-0.4, -0.2) is 63.6 Å². The molecule has 0 aliphatic carbocycles. The normalized spacial score (nSPS) is 16.2. The number of aromatic hydroxyl groups is 1. The van der Waals surface area contributed by atoms with Crippen LogP contribution in [-0.2, 0) is 11.8 Å². The summed E-state index contributed by atoms with van der Waals surface area (Å²) in [5.41, 5.74) is 4.28. The highest BCUT2D eigenvalue weighted by Gasteiger charge is 2.34. The van der Waals surface area contributed by atoms with Gasteiger partial charge in [-0.05, 0) is 30.7 Å². The number of fused-ring (bicyclic) bond motifs is 3. The maximum Gasteiger partial charge on any atom is 0.298 e. The Morgan fingerprint density at radius 1 is 1.05 bits per heavy atom. The van der Waals surface area contributed by atoms with Gasteiger partial charge in [0, 0.05) is 49.7 Å². The van der Waals surface area contributed by atoms with Gasteiger partial charge in [0.25, 0.3) is 11.7 Å². The molecule has 1 atom stereocenters. The second-order valence-electron chi connectivity index (χ2n) is 9.78. The molecule has 39 heavy (non-hydrogen) atoms. The lowest BCUT2D eigenvalue weighted by molar-refractivity contribution is -0.112. The van der Waals surface area contributed by atoms with Crippen LogP contribution in [0.25, 0.3) is 11.1 Å². The van der Waals surface area contributed by atoms with Gasteiger partial charge < -0.3 is 29.5 Å². The van der Waals surface area contributed by atoms with Crippen molar-refractivity contribution in [2.24, 2.45) is 7.05 Å². The van der Waals surface area contributed by atoms with E-state index in [0.29, 0.717) is 42.8 Å². The standard InChI is InChI=1S/C29H28N6O4/c1-18-12-23(19-6-4-3-5-7-19)26(33(18)2)27(37)28(38)32-20-8-9-24-25(13-20)39-17-21-16-34(10-11-35(21)24)29-30-14-22(36)15-31-29/h3-9,12-15,21,36H,10-11,16-17H2,1-2H3,(H,32,38)/t21-/m0/s1. The van der Waals surface area contributed by atoms with E-state index in [1.54, 1.807) is 23.7 Å². The van der Waals surface area contributed by atoms with Crippen molar-refractivity contribution in [3.8, 4) is 22.6 Å². The average molecular weight is 525 g/mol. The second kappa shape index (κ2) is 9.79. The summed E-state index contributed by atoms with van der Waals surface area (Å²) in [6.07, 6.45) is 2.78. The monoisotopic (exact) mass is 524 g/mol. The quantitative estimate of drug-likeness (QED) is 0.302. The van der Waals surface area contributed by atoms with E-state index in [0.717, 1.165) is 29.1 Å². The smallest absolute Gasteiger partial charge is 0.298 e. The van der Waals surface area contributed by atoms with Crippen LogP contribution in [0.15, 0.2) is 67.0 Å². The fourth-order valence-corrected chi connectivity index (χ4v) is 5.24. The van der Waals surface area contributed by atoms with E-state index in [1.807, 2.05) is 49.4 Å². The minimum absolute atomic E-state index is 0.0345. The zero-order valence-electron chi connectivity index (χ0n) is 21.7. The van der Waals surface area contributed by atoms with Gasteiger partial charge in [0.2, 0.25) is 5.95 Å². The number of ketones is 1. The highest BCUT2D eigenvalue weighted by molar-refractivity contribution is 6.47. The number of Topliss-reactive ketones (excluding diaryl/α,β-unsaturated/α-hetero) is 1. The number of rotatable bonds is 5.